The SMILES string of the molecule is Cc1ccc(-n2nc(C)c(CCC(=O)NCCCn3ccnc3)c2C)cc1C. The Morgan fingerprint density at radius 3 is 2.68 bits per heavy atom. The molecule has 1 N–H and O–H groups in total. The van der Waals surface area contributed by atoms with Crippen molar-refractivity contribution in [3.8, 4) is 5.69 Å². The summed E-state index contributed by atoms with van der Waals surface area (Å²) in [5.74, 6) is 0.0864. The van der Waals surface area contributed by atoms with Crippen LogP contribution in [0.3, 0.4) is 0 Å². The van der Waals surface area contributed by atoms with Gasteiger partial charge in [-0.15, -0.1) is 0 Å². The van der Waals surface area contributed by atoms with Crippen molar-refractivity contribution in [3.63, 3.8) is 0 Å². The summed E-state index contributed by atoms with van der Waals surface area (Å²) in [6, 6.07) is 6.38. The second-order valence-corrected chi connectivity index (χ2v) is 7.33. The van der Waals surface area contributed by atoms with Crippen LogP contribution in [0.15, 0.2) is 36.9 Å². The highest BCUT2D eigenvalue weighted by Gasteiger charge is 2.14. The monoisotopic (exact) mass is 379 g/mol. The second-order valence-electron chi connectivity index (χ2n) is 7.33. The molecule has 0 spiro atoms. The zero-order valence-corrected chi connectivity index (χ0v) is 17.2. The molecule has 0 aliphatic rings. The average Bonchev–Trinajstić information content (AvgIpc) is 3.28. The zero-order chi connectivity index (χ0) is 20.1. The van der Waals surface area contributed by atoms with E-state index in [-0.39, 0.29) is 5.91 Å². The van der Waals surface area contributed by atoms with E-state index in [0.717, 1.165) is 35.6 Å². The van der Waals surface area contributed by atoms with E-state index < -0.39 is 0 Å². The van der Waals surface area contributed by atoms with Gasteiger partial charge in [-0.25, -0.2) is 9.67 Å². The average molecular weight is 380 g/mol. The van der Waals surface area contributed by atoms with E-state index in [1.165, 1.54) is 11.1 Å². The third-order valence-corrected chi connectivity index (χ3v) is 5.25. The van der Waals surface area contributed by atoms with Gasteiger partial charge >= 0.3 is 0 Å². The summed E-state index contributed by atoms with van der Waals surface area (Å²) in [4.78, 5) is 16.2. The summed E-state index contributed by atoms with van der Waals surface area (Å²) in [7, 11) is 0. The van der Waals surface area contributed by atoms with Gasteiger partial charge < -0.3 is 9.88 Å². The van der Waals surface area contributed by atoms with Gasteiger partial charge in [0.25, 0.3) is 0 Å². The van der Waals surface area contributed by atoms with E-state index in [1.54, 1.807) is 12.5 Å². The van der Waals surface area contributed by atoms with Crippen molar-refractivity contribution in [2.75, 3.05) is 6.54 Å². The van der Waals surface area contributed by atoms with Crippen molar-refractivity contribution in [3.05, 3.63) is 65.0 Å². The van der Waals surface area contributed by atoms with E-state index in [4.69, 9.17) is 5.10 Å². The molecule has 0 aliphatic heterocycles. The molecule has 0 bridgehead atoms. The minimum absolute atomic E-state index is 0.0864. The predicted octanol–water partition coefficient (Wildman–Crippen LogP) is 3.44. The van der Waals surface area contributed by atoms with E-state index in [9.17, 15) is 4.79 Å². The Kier molecular flexibility index (Phi) is 6.29. The molecule has 1 aromatic carbocycles. The summed E-state index contributed by atoms with van der Waals surface area (Å²) in [6.45, 7) is 9.86. The molecule has 0 saturated carbocycles. The van der Waals surface area contributed by atoms with Gasteiger partial charge in [0.05, 0.1) is 17.7 Å². The van der Waals surface area contributed by atoms with Crippen LogP contribution in [0.1, 0.15) is 40.9 Å². The molecule has 0 aliphatic carbocycles. The van der Waals surface area contributed by atoms with Gasteiger partial charge in [-0.05, 0) is 69.4 Å². The highest BCUT2D eigenvalue weighted by Crippen LogP contribution is 2.21. The summed E-state index contributed by atoms with van der Waals surface area (Å²) in [6.07, 6.45) is 7.56. The van der Waals surface area contributed by atoms with E-state index in [2.05, 4.69) is 49.3 Å². The number of carbonyl (C=O) groups excluding carboxylic acids is 1. The van der Waals surface area contributed by atoms with Crippen molar-refractivity contribution >= 4 is 5.91 Å². The number of nitrogens with one attached hydrogen (secondary N) is 1. The molecule has 0 unspecified atom stereocenters. The molecule has 6 nitrogen and oxygen atoms in total. The topological polar surface area (TPSA) is 64.7 Å². The lowest BCUT2D eigenvalue weighted by Gasteiger charge is -2.08. The Labute approximate surface area is 166 Å². The van der Waals surface area contributed by atoms with Crippen LogP contribution in [0.4, 0.5) is 0 Å². The number of benzene rings is 1. The summed E-state index contributed by atoms with van der Waals surface area (Å²) < 4.78 is 4.00. The van der Waals surface area contributed by atoms with Crippen LogP contribution < -0.4 is 5.32 Å². The minimum Gasteiger partial charge on any atom is -0.356 e. The molecule has 0 radical (unpaired) electrons. The van der Waals surface area contributed by atoms with Gasteiger partial charge in [0.2, 0.25) is 5.91 Å². The fourth-order valence-electron chi connectivity index (χ4n) is 3.38. The summed E-state index contributed by atoms with van der Waals surface area (Å²) >= 11 is 0. The number of rotatable bonds is 8. The molecule has 148 valence electrons. The maximum atomic E-state index is 12.2. The minimum atomic E-state index is 0.0864. The Bertz CT molecular complexity index is 940. The lowest BCUT2D eigenvalue weighted by Crippen LogP contribution is -2.25. The molecule has 3 rings (SSSR count). The molecule has 0 atom stereocenters. The Hall–Kier alpha value is -2.89. The van der Waals surface area contributed by atoms with Gasteiger partial charge in [0, 0.05) is 37.6 Å². The van der Waals surface area contributed by atoms with Crippen molar-refractivity contribution in [1.29, 1.82) is 0 Å². The molecular formula is C22H29N5O. The first kappa shape index (κ1) is 19.9. The standard InChI is InChI=1S/C22H29N5O/c1-16-6-7-20(14-17(16)2)27-19(4)21(18(3)25-27)8-9-22(28)24-10-5-12-26-13-11-23-15-26/h6-7,11,13-15H,5,8-10,12H2,1-4H3,(H,24,28). The molecule has 0 fully saturated rings. The quantitative estimate of drug-likeness (QED) is 0.610. The molecule has 0 saturated heterocycles. The van der Waals surface area contributed by atoms with Crippen LogP contribution in [0.25, 0.3) is 5.69 Å². The number of imidazole rings is 1. The summed E-state index contributed by atoms with van der Waals surface area (Å²) in [5.41, 5.74) is 6.85. The number of carbonyl (C=O) groups is 1. The van der Waals surface area contributed by atoms with Crippen molar-refractivity contribution in [2.45, 2.75) is 53.5 Å². The zero-order valence-electron chi connectivity index (χ0n) is 17.2. The van der Waals surface area contributed by atoms with Crippen molar-refractivity contribution in [2.24, 2.45) is 0 Å². The van der Waals surface area contributed by atoms with Crippen LogP contribution in [0.5, 0.6) is 0 Å². The first-order chi connectivity index (χ1) is 13.5. The van der Waals surface area contributed by atoms with Gasteiger partial charge in [0.1, 0.15) is 0 Å². The van der Waals surface area contributed by atoms with Gasteiger partial charge in [0.15, 0.2) is 0 Å². The van der Waals surface area contributed by atoms with Crippen LogP contribution in [-0.2, 0) is 17.8 Å². The number of hydrogen-bond acceptors (Lipinski definition) is 3. The van der Waals surface area contributed by atoms with Gasteiger partial charge in [-0.2, -0.15) is 5.10 Å². The molecule has 2 aromatic heterocycles. The third kappa shape index (κ3) is 4.68. The second kappa shape index (κ2) is 8.87. The third-order valence-electron chi connectivity index (χ3n) is 5.25. The number of amides is 1. The molecule has 6 heteroatoms. The smallest absolute Gasteiger partial charge is 0.220 e. The molecule has 3 aromatic rings. The largest absolute Gasteiger partial charge is 0.356 e. The number of nitrogens with zero attached hydrogens (tertiary/aromatic N) is 4. The Morgan fingerprint density at radius 2 is 1.96 bits per heavy atom. The van der Waals surface area contributed by atoms with E-state index in [0.29, 0.717) is 19.4 Å². The van der Waals surface area contributed by atoms with Gasteiger partial charge in [-0.3, -0.25) is 4.79 Å². The Morgan fingerprint density at radius 1 is 1.14 bits per heavy atom. The fourth-order valence-corrected chi connectivity index (χ4v) is 3.38. The van der Waals surface area contributed by atoms with E-state index >= 15 is 0 Å². The van der Waals surface area contributed by atoms with Gasteiger partial charge in [-0.1, -0.05) is 6.07 Å². The highest BCUT2D eigenvalue weighted by molar-refractivity contribution is 5.76. The number of hydrogen-bond donors (Lipinski definition) is 1. The lowest BCUT2D eigenvalue weighted by molar-refractivity contribution is -0.121. The van der Waals surface area contributed by atoms with Crippen LogP contribution in [-0.4, -0.2) is 31.8 Å². The van der Waals surface area contributed by atoms with Crippen LogP contribution >= 0.6 is 0 Å². The lowest BCUT2D eigenvalue weighted by atomic mass is 10.1. The maximum absolute atomic E-state index is 12.2. The molecule has 2 heterocycles. The van der Waals surface area contributed by atoms with Crippen molar-refractivity contribution in [1.82, 2.24) is 24.6 Å². The first-order valence-electron chi connectivity index (χ1n) is 9.81. The molecule has 1 amide bonds. The van der Waals surface area contributed by atoms with Crippen molar-refractivity contribution < 1.29 is 4.79 Å². The highest BCUT2D eigenvalue weighted by atomic mass is 16.1. The fraction of sp³-hybridized carbons (Fsp3) is 0.409. The van der Waals surface area contributed by atoms with Crippen LogP contribution in [0, 0.1) is 27.7 Å². The number of aromatic nitrogens is 4. The predicted molar refractivity (Wildman–Crippen MR) is 111 cm³/mol. The number of aryl methyl sites for hydroxylation is 4. The summed E-state index contributed by atoms with van der Waals surface area (Å²) in [5, 5.41) is 7.72. The normalized spacial score (nSPS) is 11.0. The Balaban J connectivity index is 1.54. The van der Waals surface area contributed by atoms with Crippen LogP contribution in [0.2, 0.25) is 0 Å². The molecular weight excluding hydrogens is 350 g/mol. The molecule has 28 heavy (non-hydrogen) atoms. The van der Waals surface area contributed by atoms with E-state index in [1.807, 2.05) is 22.4 Å². The first-order valence-corrected chi connectivity index (χ1v) is 9.81. The maximum Gasteiger partial charge on any atom is 0.220 e.